The molecule has 0 aliphatic carbocycles. The number of ketones is 1. The molecule has 1 rings (SSSR count). The van der Waals surface area contributed by atoms with Gasteiger partial charge in [-0.05, 0) is 37.5 Å². The Morgan fingerprint density at radius 3 is 2.62 bits per heavy atom. The van der Waals surface area contributed by atoms with Crippen LogP contribution in [0.4, 0.5) is 0 Å². The molecule has 16 heavy (non-hydrogen) atoms. The zero-order valence-electron chi connectivity index (χ0n) is 10.0. The van der Waals surface area contributed by atoms with Crippen LogP contribution >= 0.6 is 0 Å². The second-order valence-corrected chi connectivity index (χ2v) is 3.84. The second kappa shape index (κ2) is 5.66. The highest BCUT2D eigenvalue weighted by Gasteiger charge is 2.14. The molecule has 0 saturated carbocycles. The van der Waals surface area contributed by atoms with Crippen molar-refractivity contribution in [1.29, 1.82) is 0 Å². The van der Waals surface area contributed by atoms with Gasteiger partial charge in [-0.15, -0.1) is 0 Å². The van der Waals surface area contributed by atoms with Crippen molar-refractivity contribution < 1.29 is 14.6 Å². The summed E-state index contributed by atoms with van der Waals surface area (Å²) in [5.74, 6) is 0.678. The summed E-state index contributed by atoms with van der Waals surface area (Å²) in [6.07, 6.45) is 0.851. The molecule has 3 heteroatoms. The number of hydrogen-bond donors (Lipinski definition) is 1. The Morgan fingerprint density at radius 2 is 2.06 bits per heavy atom. The molecule has 0 aromatic heterocycles. The number of rotatable bonds is 5. The molecule has 1 aromatic carbocycles. The monoisotopic (exact) mass is 222 g/mol. The van der Waals surface area contributed by atoms with Crippen molar-refractivity contribution >= 4 is 5.78 Å². The summed E-state index contributed by atoms with van der Waals surface area (Å²) in [4.78, 5) is 11.9. The second-order valence-electron chi connectivity index (χ2n) is 3.84. The minimum Gasteiger partial charge on any atom is -0.496 e. The largest absolute Gasteiger partial charge is 0.496 e. The number of hydrogen-bond acceptors (Lipinski definition) is 3. The Bertz CT molecular complexity index is 383. The molecule has 0 atom stereocenters. The van der Waals surface area contributed by atoms with Gasteiger partial charge in [0, 0.05) is 13.0 Å². The average Bonchev–Trinajstić information content (AvgIpc) is 2.29. The highest BCUT2D eigenvalue weighted by molar-refractivity contribution is 5.99. The fourth-order valence-corrected chi connectivity index (χ4v) is 1.65. The standard InChI is InChI=1S/C13H18O3/c1-9-6-7-11(12(15)5-4-8-14)13(16-3)10(9)2/h6-7,14H,4-5,8H2,1-3H3. The Labute approximate surface area is 96.1 Å². The maximum absolute atomic E-state index is 11.9. The Balaban J connectivity index is 3.04. The SMILES string of the molecule is COc1c(C(=O)CCCO)ccc(C)c1C. The number of carbonyl (C=O) groups is 1. The Kier molecular flexibility index (Phi) is 4.50. The van der Waals surface area contributed by atoms with Gasteiger partial charge in [-0.2, -0.15) is 0 Å². The molecule has 0 saturated heterocycles. The number of aryl methyl sites for hydroxylation is 1. The van der Waals surface area contributed by atoms with Gasteiger partial charge in [0.25, 0.3) is 0 Å². The van der Waals surface area contributed by atoms with E-state index in [9.17, 15) is 4.79 Å². The van der Waals surface area contributed by atoms with E-state index < -0.39 is 0 Å². The van der Waals surface area contributed by atoms with E-state index >= 15 is 0 Å². The lowest BCUT2D eigenvalue weighted by Gasteiger charge is -2.12. The maximum Gasteiger partial charge on any atom is 0.166 e. The zero-order valence-corrected chi connectivity index (χ0v) is 10.0. The first kappa shape index (κ1) is 12.7. The van der Waals surface area contributed by atoms with Crippen LogP contribution in [0.5, 0.6) is 5.75 Å². The van der Waals surface area contributed by atoms with Gasteiger partial charge in [0.15, 0.2) is 5.78 Å². The fourth-order valence-electron chi connectivity index (χ4n) is 1.65. The van der Waals surface area contributed by atoms with E-state index in [-0.39, 0.29) is 12.4 Å². The van der Waals surface area contributed by atoms with Crippen molar-refractivity contribution in [2.45, 2.75) is 26.7 Å². The van der Waals surface area contributed by atoms with Gasteiger partial charge >= 0.3 is 0 Å². The number of Topliss-reactive ketones (excluding diaryl/α,β-unsaturated/α-hetero) is 1. The summed E-state index contributed by atoms with van der Waals surface area (Å²) in [6, 6.07) is 3.71. The molecular formula is C13H18O3. The van der Waals surface area contributed by atoms with Crippen molar-refractivity contribution in [2.75, 3.05) is 13.7 Å². The smallest absolute Gasteiger partial charge is 0.166 e. The maximum atomic E-state index is 11.9. The number of carbonyl (C=O) groups excluding carboxylic acids is 1. The van der Waals surface area contributed by atoms with E-state index in [4.69, 9.17) is 9.84 Å². The molecule has 3 nitrogen and oxygen atoms in total. The van der Waals surface area contributed by atoms with Crippen LogP contribution in [0.1, 0.15) is 34.3 Å². The quantitative estimate of drug-likeness (QED) is 0.777. The van der Waals surface area contributed by atoms with E-state index in [0.29, 0.717) is 24.2 Å². The normalized spacial score (nSPS) is 10.2. The van der Waals surface area contributed by atoms with Gasteiger partial charge in [0.2, 0.25) is 0 Å². The van der Waals surface area contributed by atoms with E-state index in [1.807, 2.05) is 19.9 Å². The third-order valence-electron chi connectivity index (χ3n) is 2.74. The molecule has 1 N–H and O–H groups in total. The third-order valence-corrected chi connectivity index (χ3v) is 2.74. The highest BCUT2D eigenvalue weighted by Crippen LogP contribution is 2.27. The van der Waals surface area contributed by atoms with Crippen LogP contribution in [0.25, 0.3) is 0 Å². The van der Waals surface area contributed by atoms with Crippen LogP contribution in [0.15, 0.2) is 12.1 Å². The summed E-state index contributed by atoms with van der Waals surface area (Å²) in [5.41, 5.74) is 2.71. The number of benzene rings is 1. The van der Waals surface area contributed by atoms with Crippen molar-refractivity contribution in [1.82, 2.24) is 0 Å². The molecule has 0 bridgehead atoms. The molecule has 0 spiro atoms. The van der Waals surface area contributed by atoms with Crippen LogP contribution < -0.4 is 4.74 Å². The summed E-state index contributed by atoms with van der Waals surface area (Å²) >= 11 is 0. The molecule has 0 aliphatic rings. The molecule has 88 valence electrons. The number of ether oxygens (including phenoxy) is 1. The van der Waals surface area contributed by atoms with Gasteiger partial charge in [0.05, 0.1) is 12.7 Å². The molecule has 0 heterocycles. The predicted molar refractivity (Wildman–Crippen MR) is 63.1 cm³/mol. The van der Waals surface area contributed by atoms with Gasteiger partial charge < -0.3 is 9.84 Å². The van der Waals surface area contributed by atoms with Gasteiger partial charge in [-0.1, -0.05) is 6.07 Å². The molecule has 0 fully saturated rings. The van der Waals surface area contributed by atoms with Crippen LogP contribution in [-0.4, -0.2) is 24.6 Å². The van der Waals surface area contributed by atoms with E-state index in [2.05, 4.69) is 0 Å². The number of methoxy groups -OCH3 is 1. The third kappa shape index (κ3) is 2.61. The van der Waals surface area contributed by atoms with Crippen LogP contribution in [0, 0.1) is 13.8 Å². The molecule has 0 aliphatic heterocycles. The predicted octanol–water partition coefficient (Wildman–Crippen LogP) is 2.27. The Hall–Kier alpha value is -1.35. The molecule has 0 amide bonds. The minimum atomic E-state index is 0.0222. The molecule has 0 radical (unpaired) electrons. The zero-order chi connectivity index (χ0) is 12.1. The summed E-state index contributed by atoms with van der Waals surface area (Å²) in [5, 5.41) is 8.70. The first-order valence-corrected chi connectivity index (χ1v) is 5.40. The molecule has 0 unspecified atom stereocenters. The number of aliphatic hydroxyl groups is 1. The lowest BCUT2D eigenvalue weighted by molar-refractivity contribution is 0.0968. The lowest BCUT2D eigenvalue weighted by Crippen LogP contribution is -2.05. The van der Waals surface area contributed by atoms with E-state index in [1.165, 1.54) is 0 Å². The van der Waals surface area contributed by atoms with Gasteiger partial charge in [0.1, 0.15) is 5.75 Å². The average molecular weight is 222 g/mol. The summed E-state index contributed by atoms with van der Waals surface area (Å²) in [7, 11) is 1.57. The topological polar surface area (TPSA) is 46.5 Å². The first-order chi connectivity index (χ1) is 7.61. The van der Waals surface area contributed by atoms with Crippen molar-refractivity contribution in [3.63, 3.8) is 0 Å². The minimum absolute atomic E-state index is 0.0222. The van der Waals surface area contributed by atoms with Crippen molar-refractivity contribution in [2.24, 2.45) is 0 Å². The fraction of sp³-hybridized carbons (Fsp3) is 0.462. The Morgan fingerprint density at radius 1 is 1.38 bits per heavy atom. The van der Waals surface area contributed by atoms with Crippen molar-refractivity contribution in [3.05, 3.63) is 28.8 Å². The van der Waals surface area contributed by atoms with Crippen LogP contribution in [-0.2, 0) is 0 Å². The van der Waals surface area contributed by atoms with Crippen LogP contribution in [0.2, 0.25) is 0 Å². The highest BCUT2D eigenvalue weighted by atomic mass is 16.5. The van der Waals surface area contributed by atoms with Gasteiger partial charge in [-0.25, -0.2) is 0 Å². The van der Waals surface area contributed by atoms with E-state index in [1.54, 1.807) is 13.2 Å². The first-order valence-electron chi connectivity index (χ1n) is 5.40. The van der Waals surface area contributed by atoms with E-state index in [0.717, 1.165) is 11.1 Å². The molecular weight excluding hydrogens is 204 g/mol. The molecule has 1 aromatic rings. The van der Waals surface area contributed by atoms with Crippen LogP contribution in [0.3, 0.4) is 0 Å². The summed E-state index contributed by atoms with van der Waals surface area (Å²) in [6.45, 7) is 3.97. The number of aliphatic hydroxyl groups excluding tert-OH is 1. The van der Waals surface area contributed by atoms with Gasteiger partial charge in [-0.3, -0.25) is 4.79 Å². The van der Waals surface area contributed by atoms with Crippen molar-refractivity contribution in [3.8, 4) is 5.75 Å². The summed E-state index contributed by atoms with van der Waals surface area (Å²) < 4.78 is 5.27. The lowest BCUT2D eigenvalue weighted by atomic mass is 9.99.